The average molecular weight is 351 g/mol. The minimum absolute atomic E-state index is 0.228. The molecule has 0 amide bonds. The van der Waals surface area contributed by atoms with Crippen LogP contribution in [0.15, 0.2) is 24.3 Å². The second-order valence-corrected chi connectivity index (χ2v) is 7.54. The van der Waals surface area contributed by atoms with E-state index in [1.807, 2.05) is 6.92 Å². The van der Waals surface area contributed by atoms with Crippen molar-refractivity contribution >= 4 is 5.69 Å². The topological polar surface area (TPSA) is 15.7 Å². The predicted octanol–water partition coefficient (Wildman–Crippen LogP) is 5.89. The molecule has 0 radical (unpaired) electrons. The monoisotopic (exact) mass is 350 g/mol. The number of anilines is 1. The third kappa shape index (κ3) is 9.86. The molecular weight excluding hydrogens is 308 g/mol. The Kier molecular flexibility index (Phi) is 12.6. The third-order valence-corrected chi connectivity index (χ3v) is 3.65. The molecule has 0 spiro atoms. The maximum atomic E-state index is 5.54. The van der Waals surface area contributed by atoms with Crippen LogP contribution in [0.2, 0.25) is 0 Å². The molecule has 2 rings (SSSR count). The summed E-state index contributed by atoms with van der Waals surface area (Å²) >= 11 is 0. The van der Waals surface area contributed by atoms with Crippen LogP contribution in [0.5, 0.6) is 0 Å². The fraction of sp³-hybridized carbons (Fsp3) is 0.727. The lowest BCUT2D eigenvalue weighted by Crippen LogP contribution is -2.46. The second kappa shape index (κ2) is 13.2. The van der Waals surface area contributed by atoms with Crippen molar-refractivity contribution in [2.45, 2.75) is 73.6 Å². The largest absolute Gasteiger partial charge is 0.369 e. The number of benzene rings is 1. The molecule has 1 aliphatic heterocycles. The van der Waals surface area contributed by atoms with Gasteiger partial charge in [0.05, 0.1) is 6.61 Å². The number of piperazine rings is 1. The molecule has 0 saturated carbocycles. The summed E-state index contributed by atoms with van der Waals surface area (Å²) in [6, 6.07) is 9.00. The molecule has 1 fully saturated rings. The Balaban J connectivity index is 0.000000844. The number of hydroxylamine groups is 2. The summed E-state index contributed by atoms with van der Waals surface area (Å²) < 4.78 is 0. The molecule has 1 aromatic rings. The zero-order valence-corrected chi connectivity index (χ0v) is 18.1. The van der Waals surface area contributed by atoms with Gasteiger partial charge in [-0.3, -0.25) is 4.84 Å². The molecule has 0 bridgehead atoms. The maximum Gasteiger partial charge on any atom is 0.0656 e. The average Bonchev–Trinajstić information content (AvgIpc) is 2.57. The summed E-state index contributed by atoms with van der Waals surface area (Å²) in [5, 5.41) is 2.07. The van der Waals surface area contributed by atoms with Gasteiger partial charge in [0.25, 0.3) is 0 Å². The zero-order valence-electron chi connectivity index (χ0n) is 18.1. The molecule has 3 nitrogen and oxygen atoms in total. The Morgan fingerprint density at radius 1 is 0.800 bits per heavy atom. The molecule has 25 heavy (non-hydrogen) atoms. The van der Waals surface area contributed by atoms with Crippen LogP contribution < -0.4 is 4.90 Å². The van der Waals surface area contributed by atoms with Crippen molar-refractivity contribution in [1.29, 1.82) is 0 Å². The van der Waals surface area contributed by atoms with Crippen molar-refractivity contribution < 1.29 is 4.84 Å². The fourth-order valence-electron chi connectivity index (χ4n) is 2.43. The minimum Gasteiger partial charge on any atom is -0.369 e. The van der Waals surface area contributed by atoms with E-state index in [-0.39, 0.29) is 5.41 Å². The summed E-state index contributed by atoms with van der Waals surface area (Å²) in [6.45, 7) is 22.1. The molecule has 0 unspecified atom stereocenters. The van der Waals surface area contributed by atoms with Gasteiger partial charge in [-0.25, -0.2) is 0 Å². The van der Waals surface area contributed by atoms with E-state index in [1.165, 1.54) is 24.1 Å². The molecular formula is C22H42N2O. The first-order chi connectivity index (χ1) is 11.8. The van der Waals surface area contributed by atoms with E-state index >= 15 is 0 Å². The highest BCUT2D eigenvalue weighted by Gasteiger charge is 2.18. The molecule has 1 heterocycles. The second-order valence-electron chi connectivity index (χ2n) is 7.54. The fourth-order valence-corrected chi connectivity index (χ4v) is 2.43. The summed E-state index contributed by atoms with van der Waals surface area (Å²) in [4.78, 5) is 7.97. The smallest absolute Gasteiger partial charge is 0.0656 e. The van der Waals surface area contributed by atoms with Gasteiger partial charge in [-0.2, -0.15) is 5.06 Å². The molecule has 146 valence electrons. The Bertz CT molecular complexity index is 413. The highest BCUT2D eigenvalue weighted by Crippen LogP contribution is 2.25. The lowest BCUT2D eigenvalue weighted by Gasteiger charge is -2.35. The predicted molar refractivity (Wildman–Crippen MR) is 112 cm³/mol. The summed E-state index contributed by atoms with van der Waals surface area (Å²) in [7, 11) is 0. The highest BCUT2D eigenvalue weighted by molar-refractivity contribution is 5.48. The van der Waals surface area contributed by atoms with Crippen molar-refractivity contribution in [2.24, 2.45) is 0 Å². The normalized spacial score (nSPS) is 15.0. The molecule has 1 aromatic carbocycles. The van der Waals surface area contributed by atoms with E-state index in [9.17, 15) is 0 Å². The van der Waals surface area contributed by atoms with E-state index in [4.69, 9.17) is 4.84 Å². The first kappa shape index (κ1) is 23.9. The standard InChI is InChI=1S/C16H26N2O.2C3H8/c1-5-19-18-12-10-17(11-13-18)15-8-6-14(7-9-15)16(2,3)4;2*1-3-2/h6-9H,5,10-13H2,1-4H3;2*3H2,1-2H3. The van der Waals surface area contributed by atoms with Gasteiger partial charge in [0, 0.05) is 31.9 Å². The van der Waals surface area contributed by atoms with Crippen molar-refractivity contribution in [3.63, 3.8) is 0 Å². The first-order valence-electron chi connectivity index (χ1n) is 10.1. The van der Waals surface area contributed by atoms with Crippen LogP contribution >= 0.6 is 0 Å². The van der Waals surface area contributed by atoms with Crippen molar-refractivity contribution in [2.75, 3.05) is 37.7 Å². The van der Waals surface area contributed by atoms with Crippen molar-refractivity contribution in [3.05, 3.63) is 29.8 Å². The lowest BCUT2D eigenvalue weighted by molar-refractivity contribution is -0.156. The quantitative estimate of drug-likeness (QED) is 0.676. The van der Waals surface area contributed by atoms with Gasteiger partial charge in [0.1, 0.15) is 0 Å². The van der Waals surface area contributed by atoms with E-state index < -0.39 is 0 Å². The molecule has 3 heteroatoms. The Morgan fingerprint density at radius 2 is 1.24 bits per heavy atom. The van der Waals surface area contributed by atoms with E-state index in [1.54, 1.807) is 0 Å². The molecule has 1 aliphatic rings. The van der Waals surface area contributed by atoms with Crippen molar-refractivity contribution in [1.82, 2.24) is 5.06 Å². The van der Waals surface area contributed by atoms with E-state index in [0.717, 1.165) is 32.8 Å². The van der Waals surface area contributed by atoms with Crippen LogP contribution in [0.25, 0.3) is 0 Å². The third-order valence-electron chi connectivity index (χ3n) is 3.65. The maximum absolute atomic E-state index is 5.54. The Labute approximate surface area is 157 Å². The van der Waals surface area contributed by atoms with Gasteiger partial charge >= 0.3 is 0 Å². The molecule has 1 saturated heterocycles. The summed E-state index contributed by atoms with van der Waals surface area (Å²) in [5.74, 6) is 0. The number of hydrogen-bond donors (Lipinski definition) is 0. The van der Waals surface area contributed by atoms with Crippen LogP contribution in [-0.2, 0) is 10.3 Å². The Morgan fingerprint density at radius 3 is 1.60 bits per heavy atom. The SMILES string of the molecule is CCC.CCC.CCON1CCN(c2ccc(C(C)(C)C)cc2)CC1. The van der Waals surface area contributed by atoms with Crippen molar-refractivity contribution in [3.8, 4) is 0 Å². The van der Waals surface area contributed by atoms with Crippen LogP contribution in [0, 0.1) is 0 Å². The number of nitrogens with zero attached hydrogens (tertiary/aromatic N) is 2. The lowest BCUT2D eigenvalue weighted by atomic mass is 9.87. The van der Waals surface area contributed by atoms with Gasteiger partial charge in [0.2, 0.25) is 0 Å². The summed E-state index contributed by atoms with van der Waals surface area (Å²) in [6.07, 6.45) is 2.50. The summed E-state index contributed by atoms with van der Waals surface area (Å²) in [5.41, 5.74) is 2.94. The van der Waals surface area contributed by atoms with Gasteiger partial charge in [-0.1, -0.05) is 73.4 Å². The first-order valence-corrected chi connectivity index (χ1v) is 10.1. The van der Waals surface area contributed by atoms with Crippen LogP contribution in [0.4, 0.5) is 5.69 Å². The van der Waals surface area contributed by atoms with Crippen LogP contribution in [0.3, 0.4) is 0 Å². The van der Waals surface area contributed by atoms with Crippen LogP contribution in [-0.4, -0.2) is 37.8 Å². The molecule has 0 aliphatic carbocycles. The molecule has 0 aromatic heterocycles. The van der Waals surface area contributed by atoms with E-state index in [0.29, 0.717) is 0 Å². The number of rotatable bonds is 3. The number of hydrogen-bond acceptors (Lipinski definition) is 3. The van der Waals surface area contributed by atoms with E-state index in [2.05, 4.69) is 82.7 Å². The molecule has 0 atom stereocenters. The minimum atomic E-state index is 0.228. The molecule has 0 N–H and O–H groups in total. The zero-order chi connectivity index (χ0) is 19.3. The van der Waals surface area contributed by atoms with Gasteiger partial charge in [0.15, 0.2) is 0 Å². The Hall–Kier alpha value is -1.06. The van der Waals surface area contributed by atoms with Gasteiger partial charge < -0.3 is 4.90 Å². The van der Waals surface area contributed by atoms with Crippen LogP contribution in [0.1, 0.15) is 73.8 Å². The van der Waals surface area contributed by atoms with Gasteiger partial charge in [-0.15, -0.1) is 0 Å². The van der Waals surface area contributed by atoms with Gasteiger partial charge in [-0.05, 0) is 30.0 Å². The highest BCUT2D eigenvalue weighted by atomic mass is 16.7.